The first kappa shape index (κ1) is 13.3. The van der Waals surface area contributed by atoms with Crippen LogP contribution >= 0.6 is 0 Å². The fourth-order valence-electron chi connectivity index (χ4n) is 3.18. The minimum atomic E-state index is 0.654. The molecule has 0 saturated carbocycles. The zero-order chi connectivity index (χ0) is 12.4. The second-order valence-electron chi connectivity index (χ2n) is 6.21. The Labute approximate surface area is 106 Å². The van der Waals surface area contributed by atoms with Crippen LogP contribution in [0, 0.1) is 11.8 Å². The summed E-state index contributed by atoms with van der Waals surface area (Å²) in [7, 11) is 0. The van der Waals surface area contributed by atoms with Crippen LogP contribution in [0.5, 0.6) is 0 Å². The van der Waals surface area contributed by atoms with Gasteiger partial charge in [-0.05, 0) is 25.2 Å². The van der Waals surface area contributed by atoms with Gasteiger partial charge in [-0.15, -0.1) is 0 Å². The van der Waals surface area contributed by atoms with E-state index in [9.17, 15) is 0 Å². The SMILES string of the molecule is CC(C)C1CN(C2CCOCC2C)C(C)CN1. The average Bonchev–Trinajstić information content (AvgIpc) is 2.30. The van der Waals surface area contributed by atoms with E-state index >= 15 is 0 Å². The topological polar surface area (TPSA) is 24.5 Å². The molecule has 2 fully saturated rings. The summed E-state index contributed by atoms with van der Waals surface area (Å²) < 4.78 is 5.57. The van der Waals surface area contributed by atoms with Crippen LogP contribution in [-0.4, -0.2) is 49.3 Å². The van der Waals surface area contributed by atoms with Gasteiger partial charge in [0.25, 0.3) is 0 Å². The minimum Gasteiger partial charge on any atom is -0.381 e. The van der Waals surface area contributed by atoms with Gasteiger partial charge in [0.2, 0.25) is 0 Å². The third-order valence-electron chi connectivity index (χ3n) is 4.48. The molecule has 1 N–H and O–H groups in total. The second-order valence-corrected chi connectivity index (χ2v) is 6.21. The molecule has 2 rings (SSSR count). The molecule has 0 aromatic heterocycles. The lowest BCUT2D eigenvalue weighted by Gasteiger charge is -2.47. The summed E-state index contributed by atoms with van der Waals surface area (Å²) in [5, 5.41) is 3.68. The largest absolute Gasteiger partial charge is 0.381 e. The fraction of sp³-hybridized carbons (Fsp3) is 1.00. The highest BCUT2D eigenvalue weighted by atomic mass is 16.5. The van der Waals surface area contributed by atoms with Gasteiger partial charge in [0.15, 0.2) is 0 Å². The van der Waals surface area contributed by atoms with Gasteiger partial charge in [0.05, 0.1) is 6.61 Å². The first-order chi connectivity index (χ1) is 8.09. The van der Waals surface area contributed by atoms with E-state index in [0.717, 1.165) is 31.7 Å². The molecule has 3 nitrogen and oxygen atoms in total. The van der Waals surface area contributed by atoms with Crippen LogP contribution in [-0.2, 0) is 4.74 Å². The van der Waals surface area contributed by atoms with Crippen LogP contribution in [0.25, 0.3) is 0 Å². The molecule has 2 heterocycles. The number of nitrogens with zero attached hydrogens (tertiary/aromatic N) is 1. The van der Waals surface area contributed by atoms with Crippen molar-refractivity contribution in [1.82, 2.24) is 10.2 Å². The molecule has 0 radical (unpaired) electrons. The summed E-state index contributed by atoms with van der Waals surface area (Å²) in [5.74, 6) is 1.40. The van der Waals surface area contributed by atoms with Crippen molar-refractivity contribution in [2.24, 2.45) is 11.8 Å². The summed E-state index contributed by atoms with van der Waals surface area (Å²) in [4.78, 5) is 2.73. The highest BCUT2D eigenvalue weighted by Crippen LogP contribution is 2.25. The van der Waals surface area contributed by atoms with E-state index < -0.39 is 0 Å². The highest BCUT2D eigenvalue weighted by molar-refractivity contribution is 4.91. The maximum atomic E-state index is 5.57. The molecule has 0 aromatic rings. The van der Waals surface area contributed by atoms with Crippen molar-refractivity contribution in [3.63, 3.8) is 0 Å². The molecule has 4 unspecified atom stereocenters. The lowest BCUT2D eigenvalue weighted by atomic mass is 9.91. The molecular weight excluding hydrogens is 212 g/mol. The monoisotopic (exact) mass is 240 g/mol. The third kappa shape index (κ3) is 3.01. The van der Waals surface area contributed by atoms with Gasteiger partial charge in [-0.25, -0.2) is 0 Å². The maximum absolute atomic E-state index is 5.57. The fourth-order valence-corrected chi connectivity index (χ4v) is 3.18. The number of hydrogen-bond donors (Lipinski definition) is 1. The van der Waals surface area contributed by atoms with Crippen LogP contribution in [0.4, 0.5) is 0 Å². The number of hydrogen-bond acceptors (Lipinski definition) is 3. The van der Waals surface area contributed by atoms with Crippen molar-refractivity contribution in [2.45, 2.75) is 52.2 Å². The van der Waals surface area contributed by atoms with E-state index in [-0.39, 0.29) is 0 Å². The molecule has 4 atom stereocenters. The smallest absolute Gasteiger partial charge is 0.0506 e. The lowest BCUT2D eigenvalue weighted by Crippen LogP contribution is -2.61. The molecule has 0 bridgehead atoms. The Morgan fingerprint density at radius 3 is 2.71 bits per heavy atom. The Hall–Kier alpha value is -0.120. The summed E-state index contributed by atoms with van der Waals surface area (Å²) >= 11 is 0. The Bertz CT molecular complexity index is 244. The Kier molecular flexibility index (Phi) is 4.45. The summed E-state index contributed by atoms with van der Waals surface area (Å²) in [5.41, 5.74) is 0. The van der Waals surface area contributed by atoms with Crippen molar-refractivity contribution in [2.75, 3.05) is 26.3 Å². The van der Waals surface area contributed by atoms with Crippen LogP contribution in [0.3, 0.4) is 0 Å². The van der Waals surface area contributed by atoms with Gasteiger partial charge >= 0.3 is 0 Å². The molecule has 0 aliphatic carbocycles. The summed E-state index contributed by atoms with van der Waals surface area (Å²) in [6.07, 6.45) is 1.20. The zero-order valence-corrected chi connectivity index (χ0v) is 11.8. The highest BCUT2D eigenvalue weighted by Gasteiger charge is 2.35. The second kappa shape index (κ2) is 5.68. The first-order valence-corrected chi connectivity index (χ1v) is 7.16. The van der Waals surface area contributed by atoms with Gasteiger partial charge in [0.1, 0.15) is 0 Å². The Morgan fingerprint density at radius 1 is 1.29 bits per heavy atom. The number of piperazine rings is 1. The minimum absolute atomic E-state index is 0.654. The van der Waals surface area contributed by atoms with Gasteiger partial charge in [-0.3, -0.25) is 4.90 Å². The molecule has 0 spiro atoms. The molecule has 17 heavy (non-hydrogen) atoms. The van der Waals surface area contributed by atoms with Crippen molar-refractivity contribution >= 4 is 0 Å². The summed E-state index contributed by atoms with van der Waals surface area (Å²) in [6, 6.07) is 2.04. The molecule has 2 aliphatic heterocycles. The predicted molar refractivity (Wildman–Crippen MR) is 71.2 cm³/mol. The van der Waals surface area contributed by atoms with Crippen LogP contribution in [0.2, 0.25) is 0 Å². The molecule has 0 aromatic carbocycles. The van der Waals surface area contributed by atoms with E-state index in [1.165, 1.54) is 13.0 Å². The van der Waals surface area contributed by atoms with Crippen LogP contribution in [0.1, 0.15) is 34.1 Å². The van der Waals surface area contributed by atoms with Crippen LogP contribution < -0.4 is 5.32 Å². The van der Waals surface area contributed by atoms with Gasteiger partial charge < -0.3 is 10.1 Å². The van der Waals surface area contributed by atoms with Crippen molar-refractivity contribution < 1.29 is 4.74 Å². The molecular formula is C14H28N2O. The van der Waals surface area contributed by atoms with E-state index in [1.54, 1.807) is 0 Å². The summed E-state index contributed by atoms with van der Waals surface area (Å²) in [6.45, 7) is 13.5. The maximum Gasteiger partial charge on any atom is 0.0506 e. The molecule has 2 aliphatic rings. The van der Waals surface area contributed by atoms with Crippen molar-refractivity contribution in [3.05, 3.63) is 0 Å². The average molecular weight is 240 g/mol. The molecule has 2 saturated heterocycles. The predicted octanol–water partition coefficient (Wildman–Crippen LogP) is 1.73. The Balaban J connectivity index is 2.01. The Morgan fingerprint density at radius 2 is 2.06 bits per heavy atom. The van der Waals surface area contributed by atoms with Crippen LogP contribution in [0.15, 0.2) is 0 Å². The van der Waals surface area contributed by atoms with E-state index in [4.69, 9.17) is 4.74 Å². The molecule has 3 heteroatoms. The number of ether oxygens (including phenoxy) is 1. The lowest BCUT2D eigenvalue weighted by molar-refractivity contribution is -0.0333. The van der Waals surface area contributed by atoms with Gasteiger partial charge in [-0.2, -0.15) is 0 Å². The van der Waals surface area contributed by atoms with Gasteiger partial charge in [0, 0.05) is 37.8 Å². The number of rotatable bonds is 2. The standard InChI is InChI=1S/C14H28N2O/c1-10(2)13-8-16(12(4)7-15-13)14-5-6-17-9-11(14)3/h10-15H,5-9H2,1-4H3. The van der Waals surface area contributed by atoms with Gasteiger partial charge in [-0.1, -0.05) is 20.8 Å². The third-order valence-corrected chi connectivity index (χ3v) is 4.48. The number of nitrogens with one attached hydrogen (secondary N) is 1. The van der Waals surface area contributed by atoms with Crippen molar-refractivity contribution in [3.8, 4) is 0 Å². The van der Waals surface area contributed by atoms with E-state index in [1.807, 2.05) is 0 Å². The quantitative estimate of drug-likeness (QED) is 0.795. The molecule has 100 valence electrons. The zero-order valence-electron chi connectivity index (χ0n) is 11.8. The van der Waals surface area contributed by atoms with E-state index in [0.29, 0.717) is 18.0 Å². The van der Waals surface area contributed by atoms with Crippen molar-refractivity contribution in [1.29, 1.82) is 0 Å². The normalized spacial score (nSPS) is 40.8. The first-order valence-electron chi connectivity index (χ1n) is 7.16. The van der Waals surface area contributed by atoms with E-state index in [2.05, 4.69) is 37.9 Å². The molecule has 0 amide bonds.